The van der Waals surface area contributed by atoms with Gasteiger partial charge in [0.2, 0.25) is 0 Å². The largest absolute Gasteiger partial charge is 0.496 e. The predicted octanol–water partition coefficient (Wildman–Crippen LogP) is 3.55. The molecule has 0 fully saturated rings. The number of hydrogen-bond donors (Lipinski definition) is 2. The van der Waals surface area contributed by atoms with E-state index in [0.29, 0.717) is 0 Å². The first-order chi connectivity index (χ1) is 10.2. The first-order valence-electron chi connectivity index (χ1n) is 6.83. The number of nitrogens with one attached hydrogen (secondary N) is 2. The average Bonchev–Trinajstić information content (AvgIpc) is 3.01. The van der Waals surface area contributed by atoms with Gasteiger partial charge in [-0.1, -0.05) is 18.2 Å². The van der Waals surface area contributed by atoms with Crippen LogP contribution in [0.1, 0.15) is 16.0 Å². The minimum atomic E-state index is 0. The smallest absolute Gasteiger partial charge is 0.191 e. The van der Waals surface area contributed by atoms with Crippen molar-refractivity contribution in [2.75, 3.05) is 14.2 Å². The Labute approximate surface area is 153 Å². The van der Waals surface area contributed by atoms with Crippen LogP contribution in [0.2, 0.25) is 0 Å². The number of benzene rings is 1. The van der Waals surface area contributed by atoms with Crippen LogP contribution in [0.15, 0.2) is 40.7 Å². The van der Waals surface area contributed by atoms with Gasteiger partial charge < -0.3 is 15.4 Å². The zero-order chi connectivity index (χ0) is 15.1. The van der Waals surface area contributed by atoms with Crippen molar-refractivity contribution in [3.8, 4) is 5.75 Å². The van der Waals surface area contributed by atoms with Gasteiger partial charge in [0.1, 0.15) is 5.75 Å². The molecule has 0 radical (unpaired) electrons. The molecule has 1 heterocycles. The zero-order valence-corrected chi connectivity index (χ0v) is 16.2. The summed E-state index contributed by atoms with van der Waals surface area (Å²) in [7, 11) is 3.47. The highest BCUT2D eigenvalue weighted by molar-refractivity contribution is 14.0. The SMILES string of the molecule is CN=C(NCc1ccc(OC)c(C)c1)NCc1cccs1.I. The molecule has 1 aromatic heterocycles. The van der Waals surface area contributed by atoms with Gasteiger partial charge in [-0.15, -0.1) is 35.3 Å². The maximum atomic E-state index is 5.27. The summed E-state index contributed by atoms with van der Waals surface area (Å²) in [6.07, 6.45) is 0. The molecule has 4 nitrogen and oxygen atoms in total. The lowest BCUT2D eigenvalue weighted by atomic mass is 10.1. The van der Waals surface area contributed by atoms with Crippen LogP contribution in [0.5, 0.6) is 5.75 Å². The monoisotopic (exact) mass is 431 g/mol. The van der Waals surface area contributed by atoms with Gasteiger partial charge in [0.15, 0.2) is 5.96 Å². The van der Waals surface area contributed by atoms with Crippen LogP contribution < -0.4 is 15.4 Å². The predicted molar refractivity (Wildman–Crippen MR) is 105 cm³/mol. The third kappa shape index (κ3) is 5.49. The van der Waals surface area contributed by atoms with E-state index in [2.05, 4.69) is 45.3 Å². The number of nitrogens with zero attached hydrogens (tertiary/aromatic N) is 1. The number of rotatable bonds is 5. The Kier molecular flexibility index (Phi) is 8.26. The number of thiophene rings is 1. The topological polar surface area (TPSA) is 45.7 Å². The fourth-order valence-electron chi connectivity index (χ4n) is 2.04. The summed E-state index contributed by atoms with van der Waals surface area (Å²) in [6, 6.07) is 10.3. The second kappa shape index (κ2) is 9.68. The fourth-order valence-corrected chi connectivity index (χ4v) is 2.69. The number of aryl methyl sites for hydroxylation is 1. The Hall–Kier alpha value is -1.28. The number of methoxy groups -OCH3 is 1. The van der Waals surface area contributed by atoms with Crippen molar-refractivity contribution in [3.05, 3.63) is 51.7 Å². The third-order valence-electron chi connectivity index (χ3n) is 3.15. The number of halogens is 1. The van der Waals surface area contributed by atoms with Crippen molar-refractivity contribution in [2.45, 2.75) is 20.0 Å². The number of ether oxygens (including phenoxy) is 1. The summed E-state index contributed by atoms with van der Waals surface area (Å²) in [5.41, 5.74) is 2.34. The highest BCUT2D eigenvalue weighted by Gasteiger charge is 2.02. The van der Waals surface area contributed by atoms with E-state index in [1.807, 2.05) is 13.0 Å². The van der Waals surface area contributed by atoms with Gasteiger partial charge in [-0.3, -0.25) is 4.99 Å². The number of hydrogen-bond acceptors (Lipinski definition) is 3. The zero-order valence-electron chi connectivity index (χ0n) is 13.1. The molecule has 0 unspecified atom stereocenters. The van der Waals surface area contributed by atoms with E-state index in [9.17, 15) is 0 Å². The van der Waals surface area contributed by atoms with Crippen LogP contribution in [-0.2, 0) is 13.1 Å². The highest BCUT2D eigenvalue weighted by atomic mass is 127. The molecule has 0 bridgehead atoms. The fraction of sp³-hybridized carbons (Fsp3) is 0.312. The standard InChI is InChI=1S/C16H21N3OS.HI/c1-12-9-13(6-7-15(12)20-3)10-18-16(17-2)19-11-14-5-4-8-21-14;/h4-9H,10-11H2,1-3H3,(H2,17,18,19);1H. The Bertz CT molecular complexity index is 599. The van der Waals surface area contributed by atoms with E-state index >= 15 is 0 Å². The van der Waals surface area contributed by atoms with E-state index in [0.717, 1.165) is 30.4 Å². The van der Waals surface area contributed by atoms with Gasteiger partial charge >= 0.3 is 0 Å². The van der Waals surface area contributed by atoms with Crippen LogP contribution in [-0.4, -0.2) is 20.1 Å². The Morgan fingerprint density at radius 3 is 2.59 bits per heavy atom. The van der Waals surface area contributed by atoms with Crippen LogP contribution >= 0.6 is 35.3 Å². The molecule has 0 aliphatic rings. The van der Waals surface area contributed by atoms with Gasteiger partial charge in [-0.25, -0.2) is 0 Å². The lowest BCUT2D eigenvalue weighted by Gasteiger charge is -2.12. The lowest BCUT2D eigenvalue weighted by molar-refractivity contribution is 0.411. The van der Waals surface area contributed by atoms with E-state index in [1.54, 1.807) is 25.5 Å². The highest BCUT2D eigenvalue weighted by Crippen LogP contribution is 2.18. The Morgan fingerprint density at radius 1 is 1.23 bits per heavy atom. The summed E-state index contributed by atoms with van der Waals surface area (Å²) >= 11 is 1.74. The summed E-state index contributed by atoms with van der Waals surface area (Å²) in [5.74, 6) is 1.72. The van der Waals surface area contributed by atoms with Crippen LogP contribution in [0.3, 0.4) is 0 Å². The molecular formula is C16H22IN3OS. The molecule has 120 valence electrons. The van der Waals surface area contributed by atoms with Crippen molar-refractivity contribution < 1.29 is 4.74 Å². The first-order valence-corrected chi connectivity index (χ1v) is 7.71. The van der Waals surface area contributed by atoms with E-state index in [1.165, 1.54) is 10.4 Å². The molecular weight excluding hydrogens is 409 g/mol. The summed E-state index contributed by atoms with van der Waals surface area (Å²) in [5, 5.41) is 8.70. The molecule has 2 rings (SSSR count). The molecule has 0 saturated carbocycles. The van der Waals surface area contributed by atoms with Crippen molar-refractivity contribution in [2.24, 2.45) is 4.99 Å². The van der Waals surface area contributed by atoms with Gasteiger partial charge in [-0.05, 0) is 35.6 Å². The van der Waals surface area contributed by atoms with Crippen molar-refractivity contribution in [3.63, 3.8) is 0 Å². The molecule has 6 heteroatoms. The van der Waals surface area contributed by atoms with E-state index in [-0.39, 0.29) is 24.0 Å². The lowest BCUT2D eigenvalue weighted by Crippen LogP contribution is -2.36. The third-order valence-corrected chi connectivity index (χ3v) is 4.03. The molecule has 2 N–H and O–H groups in total. The average molecular weight is 431 g/mol. The molecule has 0 aliphatic carbocycles. The number of guanidine groups is 1. The maximum Gasteiger partial charge on any atom is 0.191 e. The van der Waals surface area contributed by atoms with Crippen molar-refractivity contribution >= 4 is 41.3 Å². The van der Waals surface area contributed by atoms with Crippen LogP contribution in [0, 0.1) is 6.92 Å². The molecule has 22 heavy (non-hydrogen) atoms. The Morgan fingerprint density at radius 2 is 2.00 bits per heavy atom. The Balaban J connectivity index is 0.00000242. The maximum absolute atomic E-state index is 5.27. The summed E-state index contributed by atoms with van der Waals surface area (Å²) in [6.45, 7) is 3.57. The summed E-state index contributed by atoms with van der Waals surface area (Å²) in [4.78, 5) is 5.52. The van der Waals surface area contributed by atoms with Gasteiger partial charge in [0.05, 0.1) is 13.7 Å². The second-order valence-corrected chi connectivity index (χ2v) is 5.69. The van der Waals surface area contributed by atoms with Gasteiger partial charge in [-0.2, -0.15) is 0 Å². The first kappa shape index (κ1) is 18.8. The van der Waals surface area contributed by atoms with Crippen LogP contribution in [0.25, 0.3) is 0 Å². The normalized spacial score (nSPS) is 10.8. The minimum absolute atomic E-state index is 0. The molecule has 0 saturated heterocycles. The van der Waals surface area contributed by atoms with Crippen molar-refractivity contribution in [1.29, 1.82) is 0 Å². The molecule has 0 atom stereocenters. The quantitative estimate of drug-likeness (QED) is 0.433. The van der Waals surface area contributed by atoms with Gasteiger partial charge in [0.25, 0.3) is 0 Å². The minimum Gasteiger partial charge on any atom is -0.496 e. The number of aliphatic imine (C=N–C) groups is 1. The van der Waals surface area contributed by atoms with E-state index < -0.39 is 0 Å². The van der Waals surface area contributed by atoms with Crippen molar-refractivity contribution in [1.82, 2.24) is 10.6 Å². The van der Waals surface area contributed by atoms with E-state index in [4.69, 9.17) is 4.74 Å². The molecule has 0 spiro atoms. The molecule has 0 aliphatic heterocycles. The molecule has 2 aromatic rings. The second-order valence-electron chi connectivity index (χ2n) is 4.66. The molecule has 1 aromatic carbocycles. The van der Waals surface area contributed by atoms with Gasteiger partial charge in [0, 0.05) is 18.5 Å². The van der Waals surface area contributed by atoms with Crippen LogP contribution in [0.4, 0.5) is 0 Å². The molecule has 0 amide bonds. The summed E-state index contributed by atoms with van der Waals surface area (Å²) < 4.78 is 5.27.